The molecule has 7 nitrogen and oxygen atoms in total. The number of rotatable bonds is 3. The lowest BCUT2D eigenvalue weighted by Crippen LogP contribution is -2.25. The van der Waals surface area contributed by atoms with Crippen molar-refractivity contribution >= 4 is 17.6 Å². The Morgan fingerprint density at radius 3 is 2.39 bits per heavy atom. The maximum absolute atomic E-state index is 11.9. The van der Waals surface area contributed by atoms with Crippen LogP contribution in [0.25, 0.3) is 0 Å². The van der Waals surface area contributed by atoms with Crippen LogP contribution < -0.4 is 0 Å². The number of amides is 1. The molecule has 7 heteroatoms. The Morgan fingerprint density at radius 1 is 1.33 bits per heavy atom. The van der Waals surface area contributed by atoms with Gasteiger partial charge in [0, 0.05) is 20.2 Å². The molecule has 0 spiro atoms. The molecule has 0 heterocycles. The number of esters is 1. The van der Waals surface area contributed by atoms with Crippen LogP contribution in [0.15, 0.2) is 18.2 Å². The van der Waals surface area contributed by atoms with Crippen molar-refractivity contribution < 1.29 is 19.2 Å². The van der Waals surface area contributed by atoms with Gasteiger partial charge in [-0.05, 0) is 6.07 Å². The summed E-state index contributed by atoms with van der Waals surface area (Å²) in [7, 11) is 4.03. The average molecular weight is 252 g/mol. The van der Waals surface area contributed by atoms with E-state index in [0.29, 0.717) is 0 Å². The Balaban J connectivity index is 3.54. The summed E-state index contributed by atoms with van der Waals surface area (Å²) in [5.41, 5.74) is -0.804. The van der Waals surface area contributed by atoms with Crippen LogP contribution in [0.2, 0.25) is 0 Å². The Morgan fingerprint density at radius 2 is 1.94 bits per heavy atom. The lowest BCUT2D eigenvalue weighted by atomic mass is 10.0. The Hall–Kier alpha value is -2.44. The number of carbonyl (C=O) groups is 2. The predicted molar refractivity (Wildman–Crippen MR) is 62.5 cm³/mol. The molecule has 1 rings (SSSR count). The second kappa shape index (κ2) is 5.26. The third kappa shape index (κ3) is 2.45. The summed E-state index contributed by atoms with van der Waals surface area (Å²) < 4.78 is 4.51. The highest BCUT2D eigenvalue weighted by molar-refractivity contribution is 6.08. The minimum absolute atomic E-state index is 0.120. The van der Waals surface area contributed by atoms with Crippen LogP contribution >= 0.6 is 0 Å². The molecule has 18 heavy (non-hydrogen) atoms. The molecule has 0 saturated carbocycles. The molecule has 96 valence electrons. The molecule has 0 N–H and O–H groups in total. The summed E-state index contributed by atoms with van der Waals surface area (Å²) in [5.74, 6) is -1.41. The van der Waals surface area contributed by atoms with E-state index in [0.717, 1.165) is 12.0 Å². The zero-order chi connectivity index (χ0) is 13.9. The number of hydrogen-bond acceptors (Lipinski definition) is 5. The van der Waals surface area contributed by atoms with Gasteiger partial charge in [-0.3, -0.25) is 14.9 Å². The van der Waals surface area contributed by atoms with Crippen molar-refractivity contribution in [1.82, 2.24) is 4.90 Å². The second-order valence-electron chi connectivity index (χ2n) is 3.65. The minimum atomic E-state index is -0.788. The van der Waals surface area contributed by atoms with E-state index < -0.39 is 22.5 Å². The number of benzene rings is 1. The number of hydrogen-bond donors (Lipinski definition) is 0. The maximum atomic E-state index is 11.9. The van der Waals surface area contributed by atoms with Gasteiger partial charge in [0.05, 0.1) is 17.6 Å². The average Bonchev–Trinajstić information content (AvgIpc) is 2.35. The first-order chi connectivity index (χ1) is 8.40. The molecule has 0 fully saturated rings. The molecule has 1 amide bonds. The van der Waals surface area contributed by atoms with Crippen LogP contribution in [0.4, 0.5) is 5.69 Å². The number of methoxy groups -OCH3 is 1. The van der Waals surface area contributed by atoms with E-state index in [-0.39, 0.29) is 11.1 Å². The Labute approximate surface area is 103 Å². The topological polar surface area (TPSA) is 89.7 Å². The van der Waals surface area contributed by atoms with Crippen molar-refractivity contribution in [2.24, 2.45) is 0 Å². The Kier molecular flexibility index (Phi) is 3.98. The van der Waals surface area contributed by atoms with E-state index in [1.165, 1.54) is 32.3 Å². The molecule has 0 atom stereocenters. The number of nitrogens with zero attached hydrogens (tertiary/aromatic N) is 2. The molecule has 0 saturated heterocycles. The quantitative estimate of drug-likeness (QED) is 0.456. The van der Waals surface area contributed by atoms with Crippen molar-refractivity contribution in [2.45, 2.75) is 0 Å². The normalized spacial score (nSPS) is 9.72. The zero-order valence-electron chi connectivity index (χ0n) is 10.2. The van der Waals surface area contributed by atoms with E-state index in [1.54, 1.807) is 0 Å². The number of ether oxygens (including phenoxy) is 1. The van der Waals surface area contributed by atoms with Gasteiger partial charge in [-0.25, -0.2) is 4.79 Å². The summed E-state index contributed by atoms with van der Waals surface area (Å²) in [4.78, 5) is 34.8. The molecular weight excluding hydrogens is 240 g/mol. The second-order valence-corrected chi connectivity index (χ2v) is 3.65. The zero-order valence-corrected chi connectivity index (χ0v) is 10.2. The minimum Gasteiger partial charge on any atom is -0.465 e. The van der Waals surface area contributed by atoms with Crippen LogP contribution in [0, 0.1) is 10.1 Å². The SMILES string of the molecule is COC(=O)c1cccc([N+](=O)[O-])c1C(=O)N(C)C. The van der Waals surface area contributed by atoms with E-state index in [1.807, 2.05) is 0 Å². The summed E-state index contributed by atoms with van der Waals surface area (Å²) in [6.07, 6.45) is 0. The molecular formula is C11H12N2O5. The van der Waals surface area contributed by atoms with Gasteiger partial charge in [0.2, 0.25) is 0 Å². The van der Waals surface area contributed by atoms with Crippen LogP contribution in [-0.2, 0) is 4.74 Å². The highest BCUT2D eigenvalue weighted by Gasteiger charge is 2.28. The number of carbonyl (C=O) groups excluding carboxylic acids is 2. The van der Waals surface area contributed by atoms with E-state index in [2.05, 4.69) is 4.74 Å². The smallest absolute Gasteiger partial charge is 0.338 e. The van der Waals surface area contributed by atoms with Gasteiger partial charge < -0.3 is 9.64 Å². The number of nitro groups is 1. The van der Waals surface area contributed by atoms with Crippen molar-refractivity contribution in [3.05, 3.63) is 39.4 Å². The molecule has 0 radical (unpaired) electrons. The lowest BCUT2D eigenvalue weighted by molar-refractivity contribution is -0.385. The van der Waals surface area contributed by atoms with Crippen LogP contribution in [-0.4, -0.2) is 42.9 Å². The summed E-state index contributed by atoms with van der Waals surface area (Å²) in [5, 5.41) is 10.9. The van der Waals surface area contributed by atoms with Gasteiger partial charge >= 0.3 is 5.97 Å². The summed E-state index contributed by atoms with van der Waals surface area (Å²) in [6, 6.07) is 3.82. The fourth-order valence-corrected chi connectivity index (χ4v) is 1.42. The molecule has 0 aliphatic rings. The van der Waals surface area contributed by atoms with Crippen molar-refractivity contribution in [1.29, 1.82) is 0 Å². The summed E-state index contributed by atoms with van der Waals surface area (Å²) >= 11 is 0. The van der Waals surface area contributed by atoms with Crippen molar-refractivity contribution in [2.75, 3.05) is 21.2 Å². The molecule has 0 aromatic heterocycles. The third-order valence-corrected chi connectivity index (χ3v) is 2.26. The largest absolute Gasteiger partial charge is 0.465 e. The van der Waals surface area contributed by atoms with Gasteiger partial charge in [0.1, 0.15) is 5.56 Å². The third-order valence-electron chi connectivity index (χ3n) is 2.26. The maximum Gasteiger partial charge on any atom is 0.338 e. The molecule has 1 aromatic rings. The van der Waals surface area contributed by atoms with Crippen LogP contribution in [0.5, 0.6) is 0 Å². The first kappa shape index (κ1) is 13.6. The van der Waals surface area contributed by atoms with Crippen LogP contribution in [0.1, 0.15) is 20.7 Å². The molecule has 0 bridgehead atoms. The van der Waals surface area contributed by atoms with Crippen LogP contribution in [0.3, 0.4) is 0 Å². The van der Waals surface area contributed by atoms with Gasteiger partial charge in [0.25, 0.3) is 11.6 Å². The predicted octanol–water partition coefficient (Wildman–Crippen LogP) is 1.08. The standard InChI is InChI=1S/C11H12N2O5/c1-12(2)10(14)9-7(11(15)18-3)5-4-6-8(9)13(16)17/h4-6H,1-3H3. The fourth-order valence-electron chi connectivity index (χ4n) is 1.42. The van der Waals surface area contributed by atoms with E-state index >= 15 is 0 Å². The molecule has 0 unspecified atom stereocenters. The number of nitro benzene ring substituents is 1. The summed E-state index contributed by atoms with van der Waals surface area (Å²) in [6.45, 7) is 0. The molecule has 0 aliphatic heterocycles. The van der Waals surface area contributed by atoms with E-state index in [4.69, 9.17) is 0 Å². The highest BCUT2D eigenvalue weighted by atomic mass is 16.6. The monoisotopic (exact) mass is 252 g/mol. The van der Waals surface area contributed by atoms with Crippen molar-refractivity contribution in [3.63, 3.8) is 0 Å². The Bertz CT molecular complexity index is 510. The molecule has 0 aliphatic carbocycles. The van der Waals surface area contributed by atoms with Gasteiger partial charge in [0.15, 0.2) is 0 Å². The van der Waals surface area contributed by atoms with Crippen molar-refractivity contribution in [3.8, 4) is 0 Å². The van der Waals surface area contributed by atoms with Gasteiger partial charge in [-0.15, -0.1) is 0 Å². The van der Waals surface area contributed by atoms with Gasteiger partial charge in [-0.1, -0.05) is 6.07 Å². The lowest BCUT2D eigenvalue weighted by Gasteiger charge is -2.13. The van der Waals surface area contributed by atoms with Gasteiger partial charge in [-0.2, -0.15) is 0 Å². The molecule has 1 aromatic carbocycles. The van der Waals surface area contributed by atoms with E-state index in [9.17, 15) is 19.7 Å². The first-order valence-electron chi connectivity index (χ1n) is 4.97. The fraction of sp³-hybridized carbons (Fsp3) is 0.273. The first-order valence-corrected chi connectivity index (χ1v) is 4.97. The highest BCUT2D eigenvalue weighted by Crippen LogP contribution is 2.24.